The van der Waals surface area contributed by atoms with E-state index in [0.29, 0.717) is 20.7 Å². The van der Waals surface area contributed by atoms with Crippen LogP contribution < -0.4 is 0 Å². The molecule has 1 amide bonds. The van der Waals surface area contributed by atoms with Crippen LogP contribution in [0, 0.1) is 0 Å². The van der Waals surface area contributed by atoms with E-state index in [0.717, 1.165) is 5.01 Å². The summed E-state index contributed by atoms with van der Waals surface area (Å²) in [7, 11) is 0. The maximum absolute atomic E-state index is 12.2. The van der Waals surface area contributed by atoms with Crippen molar-refractivity contribution in [1.82, 2.24) is 5.01 Å². The minimum atomic E-state index is -0.279. The molecule has 1 saturated heterocycles. The van der Waals surface area contributed by atoms with Gasteiger partial charge in [0.1, 0.15) is 11.5 Å². The molecule has 20 heavy (non-hydrogen) atoms. The molecule has 5 nitrogen and oxygen atoms in total. The highest BCUT2D eigenvalue weighted by Gasteiger charge is 2.32. The molecule has 1 aliphatic heterocycles. The Morgan fingerprint density at radius 3 is 2.55 bits per heavy atom. The first-order valence-corrected chi connectivity index (χ1v) is 6.85. The number of amides is 1. The molecule has 0 bridgehead atoms. The Bertz CT molecular complexity index is 687. The Morgan fingerprint density at radius 1 is 1.20 bits per heavy atom. The summed E-state index contributed by atoms with van der Waals surface area (Å²) < 4.78 is 10.7. The van der Waals surface area contributed by atoms with Crippen LogP contribution in [0.5, 0.6) is 0 Å². The SMILES string of the molecule is O=C1/C(=C/c2ccco2)SC(=S)N1/N=C\c1ccco1. The molecule has 0 unspecified atom stereocenters. The van der Waals surface area contributed by atoms with Crippen molar-refractivity contribution in [3.8, 4) is 0 Å². The normalized spacial score (nSPS) is 17.8. The number of hydrogen-bond donors (Lipinski definition) is 0. The zero-order valence-corrected chi connectivity index (χ0v) is 11.7. The first-order valence-electron chi connectivity index (χ1n) is 5.63. The van der Waals surface area contributed by atoms with Crippen molar-refractivity contribution in [1.29, 1.82) is 0 Å². The Morgan fingerprint density at radius 2 is 1.90 bits per heavy atom. The van der Waals surface area contributed by atoms with Crippen molar-refractivity contribution >= 4 is 46.5 Å². The van der Waals surface area contributed by atoms with Crippen molar-refractivity contribution in [2.24, 2.45) is 5.10 Å². The molecule has 2 aromatic heterocycles. The number of rotatable bonds is 3. The van der Waals surface area contributed by atoms with E-state index in [1.165, 1.54) is 24.2 Å². The highest BCUT2D eigenvalue weighted by molar-refractivity contribution is 8.26. The monoisotopic (exact) mass is 304 g/mol. The van der Waals surface area contributed by atoms with E-state index in [9.17, 15) is 4.79 Å². The number of furan rings is 2. The molecule has 0 spiro atoms. The van der Waals surface area contributed by atoms with Gasteiger partial charge in [-0.2, -0.15) is 10.1 Å². The Kier molecular flexibility index (Phi) is 3.53. The van der Waals surface area contributed by atoms with Gasteiger partial charge in [0.2, 0.25) is 0 Å². The van der Waals surface area contributed by atoms with Gasteiger partial charge in [0, 0.05) is 6.08 Å². The van der Waals surface area contributed by atoms with Gasteiger partial charge in [-0.1, -0.05) is 11.8 Å². The third-order valence-corrected chi connectivity index (χ3v) is 3.72. The topological polar surface area (TPSA) is 59.0 Å². The summed E-state index contributed by atoms with van der Waals surface area (Å²) in [5.41, 5.74) is 0. The highest BCUT2D eigenvalue weighted by atomic mass is 32.2. The molecule has 0 saturated carbocycles. The van der Waals surface area contributed by atoms with Crippen LogP contribution in [0.1, 0.15) is 11.5 Å². The summed E-state index contributed by atoms with van der Waals surface area (Å²) in [6.45, 7) is 0. The lowest BCUT2D eigenvalue weighted by atomic mass is 10.4. The van der Waals surface area contributed by atoms with Crippen LogP contribution in [-0.4, -0.2) is 21.5 Å². The van der Waals surface area contributed by atoms with E-state index in [4.69, 9.17) is 21.1 Å². The molecule has 100 valence electrons. The smallest absolute Gasteiger partial charge is 0.286 e. The molecule has 2 aromatic rings. The van der Waals surface area contributed by atoms with Gasteiger partial charge in [0.25, 0.3) is 5.91 Å². The van der Waals surface area contributed by atoms with Crippen LogP contribution in [0.15, 0.2) is 55.6 Å². The largest absolute Gasteiger partial charge is 0.465 e. The van der Waals surface area contributed by atoms with Crippen molar-refractivity contribution < 1.29 is 13.6 Å². The molecule has 0 N–H and O–H groups in total. The molecule has 0 aliphatic carbocycles. The minimum absolute atomic E-state index is 0.279. The van der Waals surface area contributed by atoms with Gasteiger partial charge in [0.15, 0.2) is 4.32 Å². The summed E-state index contributed by atoms with van der Waals surface area (Å²) in [5, 5.41) is 5.20. The average Bonchev–Trinajstić information content (AvgIpc) is 3.13. The second kappa shape index (κ2) is 5.48. The molecular formula is C13H8N2O3S2. The van der Waals surface area contributed by atoms with Gasteiger partial charge in [-0.25, -0.2) is 0 Å². The lowest BCUT2D eigenvalue weighted by molar-refractivity contribution is -0.122. The van der Waals surface area contributed by atoms with Crippen LogP contribution in [0.25, 0.3) is 6.08 Å². The molecule has 7 heteroatoms. The highest BCUT2D eigenvalue weighted by Crippen LogP contribution is 2.32. The second-order valence-corrected chi connectivity index (χ2v) is 5.44. The van der Waals surface area contributed by atoms with Crippen LogP contribution in [0.4, 0.5) is 0 Å². The Balaban J connectivity index is 1.80. The molecule has 3 heterocycles. The first kappa shape index (κ1) is 12.9. The van der Waals surface area contributed by atoms with Gasteiger partial charge in [-0.05, 0) is 36.5 Å². The number of thioether (sulfide) groups is 1. The predicted octanol–water partition coefficient (Wildman–Crippen LogP) is 3.11. The summed E-state index contributed by atoms with van der Waals surface area (Å²) in [5.74, 6) is 0.869. The van der Waals surface area contributed by atoms with E-state index in [-0.39, 0.29) is 5.91 Å². The fourth-order valence-corrected chi connectivity index (χ4v) is 2.69. The Labute approximate surface area is 123 Å². The lowest BCUT2D eigenvalue weighted by Gasteiger charge is -2.04. The maximum atomic E-state index is 12.2. The number of thiocarbonyl (C=S) groups is 1. The summed E-state index contributed by atoms with van der Waals surface area (Å²) in [4.78, 5) is 12.6. The fourth-order valence-electron chi connectivity index (χ4n) is 1.54. The van der Waals surface area contributed by atoms with E-state index >= 15 is 0 Å². The van der Waals surface area contributed by atoms with E-state index < -0.39 is 0 Å². The van der Waals surface area contributed by atoms with Crippen LogP contribution in [0.2, 0.25) is 0 Å². The molecule has 1 aliphatic rings. The van der Waals surface area contributed by atoms with Crippen molar-refractivity contribution in [2.45, 2.75) is 0 Å². The van der Waals surface area contributed by atoms with Crippen LogP contribution in [0.3, 0.4) is 0 Å². The van der Waals surface area contributed by atoms with E-state index in [1.54, 1.807) is 36.6 Å². The summed E-state index contributed by atoms with van der Waals surface area (Å²) >= 11 is 6.32. The molecule has 0 atom stereocenters. The standard InChI is InChI=1S/C13H8N2O3S2/c16-12-11(7-9-3-1-5-17-9)20-13(19)15(12)14-8-10-4-2-6-18-10/h1-8H/b11-7-,14-8-. The van der Waals surface area contributed by atoms with Crippen LogP contribution >= 0.6 is 24.0 Å². The molecule has 1 fully saturated rings. The minimum Gasteiger partial charge on any atom is -0.465 e. The summed E-state index contributed by atoms with van der Waals surface area (Å²) in [6.07, 6.45) is 6.16. The fraction of sp³-hybridized carbons (Fsp3) is 0. The van der Waals surface area contributed by atoms with Crippen LogP contribution in [-0.2, 0) is 4.79 Å². The third kappa shape index (κ3) is 2.59. The van der Waals surface area contributed by atoms with Gasteiger partial charge >= 0.3 is 0 Å². The third-order valence-electron chi connectivity index (χ3n) is 2.43. The lowest BCUT2D eigenvalue weighted by Crippen LogP contribution is -2.22. The molecule has 0 aromatic carbocycles. The zero-order valence-electron chi connectivity index (χ0n) is 10.1. The second-order valence-electron chi connectivity index (χ2n) is 3.77. The van der Waals surface area contributed by atoms with Gasteiger partial charge < -0.3 is 8.83 Å². The van der Waals surface area contributed by atoms with E-state index in [2.05, 4.69) is 5.10 Å². The van der Waals surface area contributed by atoms with Gasteiger partial charge in [0.05, 0.1) is 23.6 Å². The number of hydrazone groups is 1. The molecule has 0 radical (unpaired) electrons. The maximum Gasteiger partial charge on any atom is 0.286 e. The van der Waals surface area contributed by atoms with Crippen molar-refractivity contribution in [2.75, 3.05) is 0 Å². The van der Waals surface area contributed by atoms with E-state index in [1.807, 2.05) is 0 Å². The quantitative estimate of drug-likeness (QED) is 0.495. The molecule has 3 rings (SSSR count). The first-order chi connectivity index (χ1) is 9.74. The number of nitrogens with zero attached hydrogens (tertiary/aromatic N) is 2. The van der Waals surface area contributed by atoms with Crippen molar-refractivity contribution in [3.05, 3.63) is 53.2 Å². The van der Waals surface area contributed by atoms with Gasteiger partial charge in [-0.15, -0.1) is 0 Å². The molecular weight excluding hydrogens is 296 g/mol. The Hall–Kier alpha value is -2.12. The van der Waals surface area contributed by atoms with Crippen molar-refractivity contribution in [3.63, 3.8) is 0 Å². The number of carbonyl (C=O) groups is 1. The number of hydrogen-bond acceptors (Lipinski definition) is 6. The predicted molar refractivity (Wildman–Crippen MR) is 80.0 cm³/mol. The number of carbonyl (C=O) groups excluding carboxylic acids is 1. The average molecular weight is 304 g/mol. The van der Waals surface area contributed by atoms with Gasteiger partial charge in [-0.3, -0.25) is 4.79 Å². The zero-order chi connectivity index (χ0) is 13.9. The summed E-state index contributed by atoms with van der Waals surface area (Å²) in [6, 6.07) is 6.99.